The Bertz CT molecular complexity index is 801. The summed E-state index contributed by atoms with van der Waals surface area (Å²) in [5.74, 6) is -1.44. The number of rotatable bonds is 4. The zero-order chi connectivity index (χ0) is 18.2. The quantitative estimate of drug-likeness (QED) is 0.851. The number of benzene rings is 2. The molecule has 0 aliphatic heterocycles. The van der Waals surface area contributed by atoms with E-state index >= 15 is 0 Å². The zero-order valence-electron chi connectivity index (χ0n) is 13.9. The molecule has 0 spiro atoms. The van der Waals surface area contributed by atoms with Crippen molar-refractivity contribution in [1.82, 2.24) is 0 Å². The summed E-state index contributed by atoms with van der Waals surface area (Å²) in [6, 6.07) is 11.8. The Morgan fingerprint density at radius 2 is 1.96 bits per heavy atom. The molecular weight excluding hydrogens is 331 g/mol. The molecule has 3 rings (SSSR count). The maximum Gasteiger partial charge on any atom is 0.392 e. The summed E-state index contributed by atoms with van der Waals surface area (Å²) >= 11 is 0. The predicted molar refractivity (Wildman–Crippen MR) is 89.0 cm³/mol. The highest BCUT2D eigenvalue weighted by atomic mass is 19.4. The molecule has 2 atom stereocenters. The van der Waals surface area contributed by atoms with Crippen LogP contribution in [-0.2, 0) is 0 Å². The van der Waals surface area contributed by atoms with Gasteiger partial charge in [-0.1, -0.05) is 18.2 Å². The van der Waals surface area contributed by atoms with E-state index < -0.39 is 18.0 Å². The summed E-state index contributed by atoms with van der Waals surface area (Å²) in [6.07, 6.45) is -4.03. The number of nitrogens with one attached hydrogen (secondary N) is 1. The molecule has 2 aromatic rings. The van der Waals surface area contributed by atoms with Gasteiger partial charge in [0.25, 0.3) is 5.91 Å². The summed E-state index contributed by atoms with van der Waals surface area (Å²) in [6.45, 7) is 1.73. The standard InChI is InChI=1S/C19H18F3NO2/c1-11-8-12(16-10-17(16)19(20,21)22)6-7-15(11)18(24)23-13-4-3-5-14(9-13)25-2/h3-9,16-17H,10H2,1-2H3,(H,23,24). The molecule has 0 aromatic heterocycles. The van der Waals surface area contributed by atoms with Gasteiger partial charge in [0.1, 0.15) is 5.75 Å². The van der Waals surface area contributed by atoms with E-state index in [4.69, 9.17) is 4.74 Å². The highest BCUT2D eigenvalue weighted by Gasteiger charge is 2.56. The van der Waals surface area contributed by atoms with Crippen molar-refractivity contribution in [1.29, 1.82) is 0 Å². The van der Waals surface area contributed by atoms with Crippen molar-refractivity contribution in [2.24, 2.45) is 5.92 Å². The van der Waals surface area contributed by atoms with Gasteiger partial charge >= 0.3 is 6.18 Å². The Labute approximate surface area is 143 Å². The Kier molecular flexibility index (Phi) is 4.45. The van der Waals surface area contributed by atoms with E-state index in [1.54, 1.807) is 49.4 Å². The minimum absolute atomic E-state index is 0.123. The van der Waals surface area contributed by atoms with Crippen LogP contribution in [0.15, 0.2) is 42.5 Å². The van der Waals surface area contributed by atoms with Crippen molar-refractivity contribution < 1.29 is 22.7 Å². The molecule has 6 heteroatoms. The third kappa shape index (κ3) is 3.78. The lowest BCUT2D eigenvalue weighted by molar-refractivity contribution is -0.148. The number of aryl methyl sites for hydroxylation is 1. The van der Waals surface area contributed by atoms with Crippen molar-refractivity contribution in [2.75, 3.05) is 12.4 Å². The Balaban J connectivity index is 1.73. The number of ether oxygens (including phenoxy) is 1. The molecule has 1 N–H and O–H groups in total. The average molecular weight is 349 g/mol. The van der Waals surface area contributed by atoms with Crippen LogP contribution in [0, 0.1) is 12.8 Å². The van der Waals surface area contributed by atoms with Gasteiger partial charge in [0, 0.05) is 17.3 Å². The smallest absolute Gasteiger partial charge is 0.392 e. The number of alkyl halides is 3. The summed E-state index contributed by atoms with van der Waals surface area (Å²) in [7, 11) is 1.54. The van der Waals surface area contributed by atoms with Gasteiger partial charge in [-0.25, -0.2) is 0 Å². The van der Waals surface area contributed by atoms with E-state index in [-0.39, 0.29) is 12.3 Å². The lowest BCUT2D eigenvalue weighted by Crippen LogP contribution is -2.14. The van der Waals surface area contributed by atoms with E-state index in [1.807, 2.05) is 0 Å². The van der Waals surface area contributed by atoms with Crippen LogP contribution in [0.4, 0.5) is 18.9 Å². The number of carbonyl (C=O) groups excluding carboxylic acids is 1. The van der Waals surface area contributed by atoms with Gasteiger partial charge in [-0.3, -0.25) is 4.79 Å². The third-order valence-electron chi connectivity index (χ3n) is 4.46. The fourth-order valence-corrected chi connectivity index (χ4v) is 3.00. The van der Waals surface area contributed by atoms with Crippen molar-refractivity contribution >= 4 is 11.6 Å². The van der Waals surface area contributed by atoms with Crippen molar-refractivity contribution in [3.63, 3.8) is 0 Å². The number of carbonyl (C=O) groups is 1. The molecule has 0 radical (unpaired) electrons. The van der Waals surface area contributed by atoms with Gasteiger partial charge in [-0.15, -0.1) is 0 Å². The van der Waals surface area contributed by atoms with E-state index in [1.165, 1.54) is 7.11 Å². The summed E-state index contributed by atoms with van der Waals surface area (Å²) in [5.41, 5.74) is 2.33. The first kappa shape index (κ1) is 17.3. The number of amides is 1. The molecule has 2 aromatic carbocycles. The number of hydrogen-bond acceptors (Lipinski definition) is 2. The third-order valence-corrected chi connectivity index (χ3v) is 4.46. The highest BCUT2D eigenvalue weighted by Crippen LogP contribution is 2.56. The van der Waals surface area contributed by atoms with Crippen LogP contribution in [0.3, 0.4) is 0 Å². The fraction of sp³-hybridized carbons (Fsp3) is 0.316. The maximum absolute atomic E-state index is 12.7. The van der Waals surface area contributed by atoms with E-state index in [0.717, 1.165) is 0 Å². The molecule has 0 bridgehead atoms. The lowest BCUT2D eigenvalue weighted by Gasteiger charge is -2.11. The second-order valence-corrected chi connectivity index (χ2v) is 6.25. The van der Waals surface area contributed by atoms with Gasteiger partial charge in [-0.2, -0.15) is 13.2 Å². The van der Waals surface area contributed by atoms with Gasteiger partial charge in [-0.05, 0) is 48.6 Å². The Morgan fingerprint density at radius 1 is 1.20 bits per heavy atom. The van der Waals surface area contributed by atoms with Crippen LogP contribution >= 0.6 is 0 Å². The Morgan fingerprint density at radius 3 is 2.56 bits per heavy atom. The van der Waals surface area contributed by atoms with Gasteiger partial charge in [0.2, 0.25) is 0 Å². The molecule has 1 aliphatic carbocycles. The molecular formula is C19H18F3NO2. The highest BCUT2D eigenvalue weighted by molar-refractivity contribution is 6.05. The van der Waals surface area contributed by atoms with Gasteiger partial charge < -0.3 is 10.1 Å². The van der Waals surface area contributed by atoms with Crippen LogP contribution in [-0.4, -0.2) is 19.2 Å². The molecule has 2 unspecified atom stereocenters. The SMILES string of the molecule is COc1cccc(NC(=O)c2ccc(C3CC3C(F)(F)F)cc2C)c1. The number of hydrogen-bond donors (Lipinski definition) is 1. The summed E-state index contributed by atoms with van der Waals surface area (Å²) in [4.78, 5) is 12.4. The topological polar surface area (TPSA) is 38.3 Å². The van der Waals surface area contributed by atoms with E-state index in [0.29, 0.717) is 28.1 Å². The minimum atomic E-state index is -4.15. The zero-order valence-corrected chi connectivity index (χ0v) is 13.9. The molecule has 1 aliphatic rings. The largest absolute Gasteiger partial charge is 0.497 e. The van der Waals surface area contributed by atoms with E-state index in [2.05, 4.69) is 5.32 Å². The average Bonchev–Trinajstić information content (AvgIpc) is 3.35. The first-order valence-corrected chi connectivity index (χ1v) is 7.92. The molecule has 0 heterocycles. The first-order chi connectivity index (χ1) is 11.8. The van der Waals surface area contributed by atoms with Crippen LogP contribution < -0.4 is 10.1 Å². The monoisotopic (exact) mass is 349 g/mol. The summed E-state index contributed by atoms with van der Waals surface area (Å²) < 4.78 is 43.3. The fourth-order valence-electron chi connectivity index (χ4n) is 3.00. The summed E-state index contributed by atoms with van der Waals surface area (Å²) in [5, 5.41) is 2.77. The van der Waals surface area contributed by atoms with Crippen molar-refractivity contribution in [3.05, 3.63) is 59.2 Å². The van der Waals surface area contributed by atoms with Crippen LogP contribution in [0.2, 0.25) is 0 Å². The Hall–Kier alpha value is -2.50. The van der Waals surface area contributed by atoms with Gasteiger partial charge in [0.05, 0.1) is 13.0 Å². The molecule has 1 saturated carbocycles. The maximum atomic E-state index is 12.7. The normalized spacial score (nSPS) is 19.4. The molecule has 132 valence electrons. The molecule has 1 fully saturated rings. The van der Waals surface area contributed by atoms with Gasteiger partial charge in [0.15, 0.2) is 0 Å². The van der Waals surface area contributed by atoms with Crippen molar-refractivity contribution in [2.45, 2.75) is 25.4 Å². The number of halogens is 3. The first-order valence-electron chi connectivity index (χ1n) is 7.92. The molecule has 25 heavy (non-hydrogen) atoms. The lowest BCUT2D eigenvalue weighted by atomic mass is 10.0. The molecule has 0 saturated heterocycles. The number of methoxy groups -OCH3 is 1. The minimum Gasteiger partial charge on any atom is -0.497 e. The second-order valence-electron chi connectivity index (χ2n) is 6.25. The molecule has 1 amide bonds. The second kappa shape index (κ2) is 6.43. The van der Waals surface area contributed by atoms with Crippen molar-refractivity contribution in [3.8, 4) is 5.75 Å². The van der Waals surface area contributed by atoms with E-state index in [9.17, 15) is 18.0 Å². The predicted octanol–water partition coefficient (Wildman–Crippen LogP) is 4.92. The van der Waals surface area contributed by atoms with Crippen LogP contribution in [0.1, 0.15) is 33.8 Å². The van der Waals surface area contributed by atoms with Crippen LogP contribution in [0.25, 0.3) is 0 Å². The van der Waals surface area contributed by atoms with Crippen LogP contribution in [0.5, 0.6) is 5.75 Å². The molecule has 3 nitrogen and oxygen atoms in total. The number of anilines is 1.